The van der Waals surface area contributed by atoms with Crippen molar-refractivity contribution in [1.29, 1.82) is 0 Å². The number of phenols is 1. The second-order valence-corrected chi connectivity index (χ2v) is 7.89. The summed E-state index contributed by atoms with van der Waals surface area (Å²) < 4.78 is 5.22. The van der Waals surface area contributed by atoms with Crippen molar-refractivity contribution < 1.29 is 24.5 Å². The first-order chi connectivity index (χ1) is 15.3. The van der Waals surface area contributed by atoms with Gasteiger partial charge in [-0.2, -0.15) is 0 Å². The number of aliphatic hydroxyl groups excluding tert-OH is 1. The number of rotatable bonds is 8. The van der Waals surface area contributed by atoms with Crippen LogP contribution in [0.1, 0.15) is 31.0 Å². The number of aliphatic hydroxyl groups is 1. The molecule has 0 saturated carbocycles. The number of ether oxygens (including phenoxy) is 1. The number of nitrogens with zero attached hydrogens (tertiary/aromatic N) is 2. The first-order valence-corrected chi connectivity index (χ1v) is 10.8. The summed E-state index contributed by atoms with van der Waals surface area (Å²) in [6, 6.07) is 10.2. The Kier molecular flexibility index (Phi) is 7.43. The van der Waals surface area contributed by atoms with E-state index in [0.29, 0.717) is 29.2 Å². The Morgan fingerprint density at radius 2 is 1.78 bits per heavy atom. The highest BCUT2D eigenvalue weighted by atomic mass is 35.5. The third-order valence-electron chi connectivity index (χ3n) is 5.73. The molecule has 1 aliphatic heterocycles. The summed E-state index contributed by atoms with van der Waals surface area (Å²) >= 11 is 5.95. The average Bonchev–Trinajstić information content (AvgIpc) is 3.05. The van der Waals surface area contributed by atoms with Gasteiger partial charge in [0, 0.05) is 23.7 Å². The van der Waals surface area contributed by atoms with Crippen LogP contribution in [0.5, 0.6) is 11.5 Å². The highest BCUT2D eigenvalue weighted by Gasteiger charge is 2.46. The van der Waals surface area contributed by atoms with E-state index in [4.69, 9.17) is 16.3 Å². The van der Waals surface area contributed by atoms with E-state index in [1.54, 1.807) is 36.4 Å². The Balaban J connectivity index is 2.13. The van der Waals surface area contributed by atoms with Crippen LogP contribution in [0.25, 0.3) is 5.76 Å². The van der Waals surface area contributed by atoms with Gasteiger partial charge in [0.25, 0.3) is 11.7 Å². The molecule has 1 saturated heterocycles. The van der Waals surface area contributed by atoms with Crippen molar-refractivity contribution in [1.82, 2.24) is 9.80 Å². The lowest BCUT2D eigenvalue weighted by atomic mass is 9.95. The number of hydrogen-bond acceptors (Lipinski definition) is 6. The van der Waals surface area contributed by atoms with Crippen molar-refractivity contribution in [3.05, 3.63) is 64.2 Å². The van der Waals surface area contributed by atoms with Crippen LogP contribution in [0, 0.1) is 0 Å². The largest absolute Gasteiger partial charge is 0.507 e. The quantitative estimate of drug-likeness (QED) is 0.355. The highest BCUT2D eigenvalue weighted by molar-refractivity contribution is 6.46. The van der Waals surface area contributed by atoms with E-state index >= 15 is 0 Å². The average molecular weight is 459 g/mol. The van der Waals surface area contributed by atoms with Gasteiger partial charge in [0.15, 0.2) is 11.5 Å². The molecule has 1 heterocycles. The van der Waals surface area contributed by atoms with Crippen LogP contribution < -0.4 is 4.74 Å². The Bertz CT molecular complexity index is 1030. The number of aromatic hydroxyl groups is 1. The van der Waals surface area contributed by atoms with Crippen LogP contribution in [0.4, 0.5) is 0 Å². The maximum Gasteiger partial charge on any atom is 0.295 e. The van der Waals surface area contributed by atoms with Gasteiger partial charge in [-0.1, -0.05) is 31.5 Å². The van der Waals surface area contributed by atoms with Crippen LogP contribution in [-0.4, -0.2) is 65.0 Å². The molecule has 0 bridgehead atoms. The van der Waals surface area contributed by atoms with Crippen molar-refractivity contribution in [3.63, 3.8) is 0 Å². The molecule has 0 aliphatic carbocycles. The van der Waals surface area contributed by atoms with E-state index in [2.05, 4.69) is 4.90 Å². The van der Waals surface area contributed by atoms with Gasteiger partial charge in [0.05, 0.1) is 18.7 Å². The normalized spacial score (nSPS) is 17.9. The van der Waals surface area contributed by atoms with Gasteiger partial charge in [-0.3, -0.25) is 9.59 Å². The summed E-state index contributed by atoms with van der Waals surface area (Å²) in [4.78, 5) is 29.7. The number of likely N-dealkylation sites (N-methyl/N-ethyl adjacent to an activating group) is 1. The third kappa shape index (κ3) is 4.59. The molecule has 0 aromatic heterocycles. The van der Waals surface area contributed by atoms with E-state index in [-0.39, 0.29) is 22.8 Å². The number of hydrogen-bond donors (Lipinski definition) is 2. The smallest absolute Gasteiger partial charge is 0.295 e. The van der Waals surface area contributed by atoms with Crippen molar-refractivity contribution in [2.45, 2.75) is 19.9 Å². The molecule has 3 rings (SSSR count). The molecule has 0 spiro atoms. The lowest BCUT2D eigenvalue weighted by Crippen LogP contribution is -2.38. The SMILES string of the molecule is CCN(CC)CCN1C(=O)C(=O)/C(=C(/O)c2ccc(Cl)cc2)[C@H]1c1ccc(O)c(OC)c1. The Hall–Kier alpha value is -3.03. The van der Waals surface area contributed by atoms with Gasteiger partial charge in [0.2, 0.25) is 0 Å². The summed E-state index contributed by atoms with van der Waals surface area (Å²) in [6.07, 6.45) is 0. The number of Topliss-reactive ketones (excluding diaryl/α,β-unsaturated/α-hetero) is 1. The molecule has 2 N–H and O–H groups in total. The van der Waals surface area contributed by atoms with E-state index in [1.807, 2.05) is 13.8 Å². The first-order valence-electron chi connectivity index (χ1n) is 10.5. The first kappa shape index (κ1) is 23.6. The molecular weight excluding hydrogens is 432 g/mol. The molecule has 0 unspecified atom stereocenters. The molecule has 170 valence electrons. The van der Waals surface area contributed by atoms with Crippen molar-refractivity contribution in [2.75, 3.05) is 33.3 Å². The van der Waals surface area contributed by atoms with Gasteiger partial charge < -0.3 is 24.7 Å². The fraction of sp³-hybridized carbons (Fsp3) is 0.333. The number of benzene rings is 2. The summed E-state index contributed by atoms with van der Waals surface area (Å²) in [7, 11) is 1.42. The monoisotopic (exact) mass is 458 g/mol. The van der Waals surface area contributed by atoms with Crippen LogP contribution >= 0.6 is 11.6 Å². The number of ketones is 1. The molecule has 1 fully saturated rings. The molecule has 7 nitrogen and oxygen atoms in total. The summed E-state index contributed by atoms with van der Waals surface area (Å²) in [5.74, 6) is -1.56. The second-order valence-electron chi connectivity index (χ2n) is 7.46. The Morgan fingerprint density at radius 1 is 1.12 bits per heavy atom. The predicted molar refractivity (Wildman–Crippen MR) is 123 cm³/mol. The fourth-order valence-electron chi connectivity index (χ4n) is 3.87. The van der Waals surface area contributed by atoms with Crippen LogP contribution in [0.2, 0.25) is 5.02 Å². The molecule has 1 atom stereocenters. The summed E-state index contributed by atoms with van der Waals surface area (Å²) in [5.41, 5.74) is 0.922. The number of phenolic OH excluding ortho intramolecular Hbond substituents is 1. The van der Waals surface area contributed by atoms with E-state index < -0.39 is 17.7 Å². The Labute approximate surface area is 192 Å². The molecule has 1 amide bonds. The number of carbonyl (C=O) groups is 2. The topological polar surface area (TPSA) is 90.3 Å². The number of methoxy groups -OCH3 is 1. The molecule has 8 heteroatoms. The van der Waals surface area contributed by atoms with Crippen molar-refractivity contribution in [2.24, 2.45) is 0 Å². The minimum atomic E-state index is -0.823. The van der Waals surface area contributed by atoms with Crippen molar-refractivity contribution >= 4 is 29.1 Å². The van der Waals surface area contributed by atoms with Gasteiger partial charge in [-0.25, -0.2) is 0 Å². The number of carbonyl (C=O) groups excluding carboxylic acids is 2. The van der Waals surface area contributed by atoms with Gasteiger partial charge in [-0.05, 0) is 55.1 Å². The van der Waals surface area contributed by atoms with Crippen LogP contribution in [0.3, 0.4) is 0 Å². The second kappa shape index (κ2) is 10.1. The van der Waals surface area contributed by atoms with Crippen LogP contribution in [-0.2, 0) is 9.59 Å². The van der Waals surface area contributed by atoms with Gasteiger partial charge in [-0.15, -0.1) is 0 Å². The number of halogens is 1. The lowest BCUT2D eigenvalue weighted by molar-refractivity contribution is -0.140. The molecular formula is C24H27ClN2O5. The minimum Gasteiger partial charge on any atom is -0.507 e. The van der Waals surface area contributed by atoms with E-state index in [0.717, 1.165) is 13.1 Å². The zero-order valence-electron chi connectivity index (χ0n) is 18.3. The van der Waals surface area contributed by atoms with E-state index in [1.165, 1.54) is 18.1 Å². The molecule has 2 aromatic rings. The summed E-state index contributed by atoms with van der Waals surface area (Å²) in [5, 5.41) is 21.5. The zero-order valence-corrected chi connectivity index (χ0v) is 19.1. The third-order valence-corrected chi connectivity index (χ3v) is 5.98. The summed E-state index contributed by atoms with van der Waals surface area (Å²) in [6.45, 7) is 6.55. The number of likely N-dealkylation sites (tertiary alicyclic amines) is 1. The van der Waals surface area contributed by atoms with E-state index in [9.17, 15) is 19.8 Å². The maximum absolute atomic E-state index is 13.1. The Morgan fingerprint density at radius 3 is 2.38 bits per heavy atom. The fourth-order valence-corrected chi connectivity index (χ4v) is 4.00. The van der Waals surface area contributed by atoms with Gasteiger partial charge in [0.1, 0.15) is 5.76 Å². The molecule has 2 aromatic carbocycles. The zero-order chi connectivity index (χ0) is 23.4. The minimum absolute atomic E-state index is 0.00962. The van der Waals surface area contributed by atoms with Crippen LogP contribution in [0.15, 0.2) is 48.0 Å². The van der Waals surface area contributed by atoms with Gasteiger partial charge >= 0.3 is 0 Å². The number of amides is 1. The molecule has 32 heavy (non-hydrogen) atoms. The predicted octanol–water partition coefficient (Wildman–Crippen LogP) is 3.82. The van der Waals surface area contributed by atoms with Crippen molar-refractivity contribution in [3.8, 4) is 11.5 Å². The maximum atomic E-state index is 13.1. The standard InChI is InChI=1S/C24H27ClN2O5/c1-4-26(5-2)12-13-27-21(16-8-11-18(28)19(14-16)32-3)20(23(30)24(27)31)22(29)15-6-9-17(25)10-7-15/h6-11,14,21,28-29H,4-5,12-13H2,1-3H3/b22-20+/t21-/m1/s1. The molecule has 1 aliphatic rings. The highest BCUT2D eigenvalue weighted by Crippen LogP contribution is 2.41. The molecule has 0 radical (unpaired) electrons. The lowest BCUT2D eigenvalue weighted by Gasteiger charge is -2.28.